The molecule has 1 rings (SSSR count). The summed E-state index contributed by atoms with van der Waals surface area (Å²) in [5.41, 5.74) is 1.30. The highest BCUT2D eigenvalue weighted by molar-refractivity contribution is 5.06. The number of hydrogen-bond donors (Lipinski definition) is 1. The van der Waals surface area contributed by atoms with Gasteiger partial charge >= 0.3 is 0 Å². The Morgan fingerprint density at radius 3 is 2.94 bits per heavy atom. The quantitative estimate of drug-likeness (QED) is 0.644. The molecule has 0 aliphatic carbocycles. The van der Waals surface area contributed by atoms with Crippen molar-refractivity contribution < 1.29 is 9.47 Å². The number of nitrogens with one attached hydrogen (secondary N) is 1. The Bertz CT molecular complexity index is 274. The van der Waals surface area contributed by atoms with Gasteiger partial charge in [0.1, 0.15) is 0 Å². The zero-order valence-electron chi connectivity index (χ0n) is 10.2. The summed E-state index contributed by atoms with van der Waals surface area (Å²) in [4.78, 5) is 0. The van der Waals surface area contributed by atoms with Crippen LogP contribution in [-0.4, -0.2) is 38.0 Å². The van der Waals surface area contributed by atoms with Crippen molar-refractivity contribution in [2.45, 2.75) is 20.0 Å². The van der Waals surface area contributed by atoms with Gasteiger partial charge in [-0.05, 0) is 18.7 Å². The second kappa shape index (κ2) is 8.33. The maximum atomic E-state index is 5.44. The standard InChI is InChI=1S/C12H22N2O2/c1-3-13-11-12-5-4-6-14(12)7-8-16-10-9-15-2/h4-6,13H,3,7-11H2,1-2H3. The molecule has 0 bridgehead atoms. The van der Waals surface area contributed by atoms with Gasteiger partial charge in [-0.1, -0.05) is 6.92 Å². The van der Waals surface area contributed by atoms with Crippen LogP contribution < -0.4 is 5.32 Å². The van der Waals surface area contributed by atoms with Gasteiger partial charge in [0, 0.05) is 32.1 Å². The summed E-state index contributed by atoms with van der Waals surface area (Å²) in [6.07, 6.45) is 2.09. The summed E-state index contributed by atoms with van der Waals surface area (Å²) in [6, 6.07) is 4.21. The van der Waals surface area contributed by atoms with E-state index in [0.29, 0.717) is 13.2 Å². The Morgan fingerprint density at radius 2 is 2.19 bits per heavy atom. The van der Waals surface area contributed by atoms with Gasteiger partial charge in [-0.2, -0.15) is 0 Å². The van der Waals surface area contributed by atoms with Crippen LogP contribution in [0, 0.1) is 0 Å². The molecule has 0 aromatic carbocycles. The van der Waals surface area contributed by atoms with E-state index in [4.69, 9.17) is 9.47 Å². The third-order valence-electron chi connectivity index (χ3n) is 2.39. The van der Waals surface area contributed by atoms with Crippen LogP contribution in [-0.2, 0) is 22.6 Å². The molecule has 0 radical (unpaired) electrons. The van der Waals surface area contributed by atoms with Crippen molar-refractivity contribution in [3.63, 3.8) is 0 Å². The fourth-order valence-corrected chi connectivity index (χ4v) is 1.49. The fourth-order valence-electron chi connectivity index (χ4n) is 1.49. The average molecular weight is 226 g/mol. The lowest BCUT2D eigenvalue weighted by Crippen LogP contribution is -2.17. The van der Waals surface area contributed by atoms with Crippen LogP contribution in [0.25, 0.3) is 0 Å². The van der Waals surface area contributed by atoms with E-state index >= 15 is 0 Å². The van der Waals surface area contributed by atoms with E-state index in [2.05, 4.69) is 35.1 Å². The summed E-state index contributed by atoms with van der Waals surface area (Å²) >= 11 is 0. The zero-order chi connectivity index (χ0) is 11.6. The summed E-state index contributed by atoms with van der Waals surface area (Å²) < 4.78 is 12.6. The third kappa shape index (κ3) is 4.79. The normalized spacial score (nSPS) is 10.9. The van der Waals surface area contributed by atoms with E-state index in [1.165, 1.54) is 5.69 Å². The smallest absolute Gasteiger partial charge is 0.0701 e. The molecule has 1 aromatic heterocycles. The van der Waals surface area contributed by atoms with Crippen LogP contribution in [0.5, 0.6) is 0 Å². The molecule has 0 fully saturated rings. The number of rotatable bonds is 9. The van der Waals surface area contributed by atoms with E-state index in [9.17, 15) is 0 Å². The van der Waals surface area contributed by atoms with E-state index in [0.717, 1.165) is 26.2 Å². The van der Waals surface area contributed by atoms with Crippen molar-refractivity contribution in [1.29, 1.82) is 0 Å². The third-order valence-corrected chi connectivity index (χ3v) is 2.39. The lowest BCUT2D eigenvalue weighted by molar-refractivity contribution is 0.0663. The molecule has 1 heterocycles. The molecule has 0 atom stereocenters. The highest BCUT2D eigenvalue weighted by Crippen LogP contribution is 2.01. The molecule has 16 heavy (non-hydrogen) atoms. The molecular formula is C12H22N2O2. The van der Waals surface area contributed by atoms with Crippen molar-refractivity contribution in [3.05, 3.63) is 24.0 Å². The molecule has 1 N–H and O–H groups in total. The zero-order valence-corrected chi connectivity index (χ0v) is 10.2. The Labute approximate surface area is 97.5 Å². The monoisotopic (exact) mass is 226 g/mol. The predicted molar refractivity (Wildman–Crippen MR) is 64.5 cm³/mol. The first kappa shape index (κ1) is 13.2. The van der Waals surface area contributed by atoms with Gasteiger partial charge in [0.25, 0.3) is 0 Å². The van der Waals surface area contributed by atoms with Crippen molar-refractivity contribution in [2.75, 3.05) is 33.5 Å². The minimum absolute atomic E-state index is 0.663. The molecule has 0 amide bonds. The highest BCUT2D eigenvalue weighted by Gasteiger charge is 1.99. The predicted octanol–water partition coefficient (Wildman–Crippen LogP) is 1.26. The van der Waals surface area contributed by atoms with Crippen molar-refractivity contribution in [2.24, 2.45) is 0 Å². The number of methoxy groups -OCH3 is 1. The van der Waals surface area contributed by atoms with Crippen LogP contribution in [0.15, 0.2) is 18.3 Å². The molecule has 0 saturated carbocycles. The average Bonchev–Trinajstić information content (AvgIpc) is 2.74. The number of ether oxygens (including phenoxy) is 2. The van der Waals surface area contributed by atoms with Gasteiger partial charge in [0.05, 0.1) is 19.8 Å². The number of nitrogens with zero attached hydrogens (tertiary/aromatic N) is 1. The topological polar surface area (TPSA) is 35.4 Å². The molecule has 92 valence electrons. The van der Waals surface area contributed by atoms with Crippen molar-refractivity contribution in [3.8, 4) is 0 Å². The van der Waals surface area contributed by atoms with Crippen LogP contribution >= 0.6 is 0 Å². The summed E-state index contributed by atoms with van der Waals surface area (Å²) in [5, 5.41) is 3.32. The Kier molecular flexibility index (Phi) is 6.88. The molecular weight excluding hydrogens is 204 g/mol. The van der Waals surface area contributed by atoms with Crippen LogP contribution in [0.1, 0.15) is 12.6 Å². The van der Waals surface area contributed by atoms with Crippen LogP contribution in [0.2, 0.25) is 0 Å². The molecule has 0 aliphatic heterocycles. The first-order valence-electron chi connectivity index (χ1n) is 5.80. The molecule has 4 nitrogen and oxygen atoms in total. The van der Waals surface area contributed by atoms with E-state index in [1.54, 1.807) is 7.11 Å². The number of aromatic nitrogens is 1. The summed E-state index contributed by atoms with van der Waals surface area (Å²) in [5.74, 6) is 0. The fraction of sp³-hybridized carbons (Fsp3) is 0.667. The summed E-state index contributed by atoms with van der Waals surface area (Å²) in [7, 11) is 1.68. The van der Waals surface area contributed by atoms with Crippen molar-refractivity contribution in [1.82, 2.24) is 9.88 Å². The second-order valence-electron chi connectivity index (χ2n) is 3.58. The van der Waals surface area contributed by atoms with Crippen LogP contribution in [0.4, 0.5) is 0 Å². The first-order chi connectivity index (χ1) is 7.88. The minimum atomic E-state index is 0.663. The highest BCUT2D eigenvalue weighted by atomic mass is 16.5. The Hall–Kier alpha value is -0.840. The minimum Gasteiger partial charge on any atom is -0.382 e. The Morgan fingerprint density at radius 1 is 1.31 bits per heavy atom. The molecule has 0 unspecified atom stereocenters. The molecule has 1 aromatic rings. The maximum absolute atomic E-state index is 5.44. The molecule has 0 saturated heterocycles. The van der Waals surface area contributed by atoms with Crippen LogP contribution in [0.3, 0.4) is 0 Å². The molecule has 4 heteroatoms. The van der Waals surface area contributed by atoms with E-state index in [-0.39, 0.29) is 0 Å². The maximum Gasteiger partial charge on any atom is 0.0701 e. The van der Waals surface area contributed by atoms with E-state index < -0.39 is 0 Å². The number of hydrogen-bond acceptors (Lipinski definition) is 3. The molecule has 0 aliphatic rings. The van der Waals surface area contributed by atoms with Gasteiger partial charge in [0.15, 0.2) is 0 Å². The Balaban J connectivity index is 2.22. The largest absolute Gasteiger partial charge is 0.382 e. The van der Waals surface area contributed by atoms with Gasteiger partial charge in [-0.3, -0.25) is 0 Å². The molecule has 0 spiro atoms. The van der Waals surface area contributed by atoms with Gasteiger partial charge < -0.3 is 19.4 Å². The lowest BCUT2D eigenvalue weighted by atomic mass is 10.4. The van der Waals surface area contributed by atoms with Crippen molar-refractivity contribution >= 4 is 0 Å². The van der Waals surface area contributed by atoms with Gasteiger partial charge in [0.2, 0.25) is 0 Å². The SMILES string of the molecule is CCNCc1cccn1CCOCCOC. The van der Waals surface area contributed by atoms with Gasteiger partial charge in [-0.15, -0.1) is 0 Å². The summed E-state index contributed by atoms with van der Waals surface area (Å²) in [6.45, 7) is 6.99. The van der Waals surface area contributed by atoms with E-state index in [1.807, 2.05) is 0 Å². The first-order valence-corrected chi connectivity index (χ1v) is 5.80. The van der Waals surface area contributed by atoms with Gasteiger partial charge in [-0.25, -0.2) is 0 Å². The lowest BCUT2D eigenvalue weighted by Gasteiger charge is -2.10. The second-order valence-corrected chi connectivity index (χ2v) is 3.58.